The summed E-state index contributed by atoms with van der Waals surface area (Å²) in [5, 5.41) is 2.84. The van der Waals surface area contributed by atoms with Gasteiger partial charge in [-0.05, 0) is 49.2 Å². The molecule has 2 amide bonds. The number of nitrogens with one attached hydrogen (secondary N) is 1. The van der Waals surface area contributed by atoms with Gasteiger partial charge in [-0.1, -0.05) is 0 Å². The third-order valence-corrected chi connectivity index (χ3v) is 4.19. The van der Waals surface area contributed by atoms with Gasteiger partial charge in [0.2, 0.25) is 5.91 Å². The molecule has 1 aliphatic heterocycles. The summed E-state index contributed by atoms with van der Waals surface area (Å²) in [5.74, 6) is -0.168. The highest BCUT2D eigenvalue weighted by Gasteiger charge is 2.28. The van der Waals surface area contributed by atoms with Crippen LogP contribution >= 0.6 is 0 Å². The van der Waals surface area contributed by atoms with Crippen molar-refractivity contribution in [3.05, 3.63) is 59.8 Å². The van der Waals surface area contributed by atoms with Gasteiger partial charge in [0.1, 0.15) is 11.6 Å². The number of nitrogens with zero attached hydrogens (tertiary/aromatic N) is 1. The summed E-state index contributed by atoms with van der Waals surface area (Å²) in [6.07, 6.45) is 3.08. The minimum absolute atomic E-state index is 0.0805. The monoisotopic (exact) mass is 330 g/mol. The molecule has 0 spiro atoms. The van der Waals surface area contributed by atoms with E-state index >= 15 is 0 Å². The van der Waals surface area contributed by atoms with Crippen molar-refractivity contribution in [1.82, 2.24) is 10.2 Å². The Bertz CT molecular complexity index is 698. The molecule has 1 atom stereocenters. The number of carbonyl (C=O) groups excluding carboxylic acids is 2. The molecule has 1 aromatic heterocycles. The van der Waals surface area contributed by atoms with Crippen LogP contribution in [0.2, 0.25) is 0 Å². The van der Waals surface area contributed by atoms with Gasteiger partial charge in [-0.25, -0.2) is 4.39 Å². The average molecular weight is 330 g/mol. The molecule has 5 nitrogen and oxygen atoms in total. The fourth-order valence-electron chi connectivity index (χ4n) is 2.88. The predicted molar refractivity (Wildman–Crippen MR) is 85.6 cm³/mol. The largest absolute Gasteiger partial charge is 0.467 e. The lowest BCUT2D eigenvalue weighted by atomic mass is 9.96. The van der Waals surface area contributed by atoms with E-state index in [9.17, 15) is 14.0 Å². The minimum atomic E-state index is -0.375. The topological polar surface area (TPSA) is 62.6 Å². The van der Waals surface area contributed by atoms with Gasteiger partial charge < -0.3 is 14.6 Å². The fraction of sp³-hybridized carbons (Fsp3) is 0.333. The van der Waals surface area contributed by atoms with Crippen LogP contribution in [0, 0.1) is 11.7 Å². The number of carbonyl (C=O) groups is 2. The summed E-state index contributed by atoms with van der Waals surface area (Å²) in [7, 11) is 0. The highest BCUT2D eigenvalue weighted by molar-refractivity contribution is 5.94. The fourth-order valence-corrected chi connectivity index (χ4v) is 2.88. The van der Waals surface area contributed by atoms with Gasteiger partial charge in [-0.3, -0.25) is 9.59 Å². The molecule has 3 rings (SSSR count). The normalized spacial score (nSPS) is 17.5. The summed E-state index contributed by atoms with van der Waals surface area (Å²) < 4.78 is 18.2. The molecule has 1 saturated heterocycles. The Morgan fingerprint density at radius 3 is 2.75 bits per heavy atom. The SMILES string of the molecule is O=C(NCc1ccco1)C1CCCN(C(=O)c2ccc(F)cc2)C1. The first-order chi connectivity index (χ1) is 11.6. The van der Waals surface area contributed by atoms with Gasteiger partial charge in [0.05, 0.1) is 18.7 Å². The number of furan rings is 1. The van der Waals surface area contributed by atoms with Gasteiger partial charge in [0, 0.05) is 18.7 Å². The summed E-state index contributed by atoms with van der Waals surface area (Å²) in [6.45, 7) is 1.33. The Morgan fingerprint density at radius 1 is 1.25 bits per heavy atom. The van der Waals surface area contributed by atoms with Crippen LogP contribution in [-0.4, -0.2) is 29.8 Å². The Morgan fingerprint density at radius 2 is 2.04 bits per heavy atom. The van der Waals surface area contributed by atoms with Crippen LogP contribution in [-0.2, 0) is 11.3 Å². The molecule has 0 radical (unpaired) electrons. The number of hydrogen-bond donors (Lipinski definition) is 1. The smallest absolute Gasteiger partial charge is 0.253 e. The first-order valence-corrected chi connectivity index (χ1v) is 7.98. The molecule has 1 N–H and O–H groups in total. The highest BCUT2D eigenvalue weighted by atomic mass is 19.1. The molecule has 0 aliphatic carbocycles. The first-order valence-electron chi connectivity index (χ1n) is 7.98. The second-order valence-corrected chi connectivity index (χ2v) is 5.89. The molecule has 1 aliphatic rings. The molecule has 2 aromatic rings. The van der Waals surface area contributed by atoms with Crippen LogP contribution in [0.1, 0.15) is 29.0 Å². The Labute approximate surface area is 139 Å². The van der Waals surface area contributed by atoms with Crippen LogP contribution in [0.5, 0.6) is 0 Å². The van der Waals surface area contributed by atoms with E-state index in [1.807, 2.05) is 0 Å². The third kappa shape index (κ3) is 3.82. The molecule has 1 unspecified atom stereocenters. The van der Waals surface area contributed by atoms with Gasteiger partial charge in [0.25, 0.3) is 5.91 Å². The van der Waals surface area contributed by atoms with Crippen LogP contribution in [0.25, 0.3) is 0 Å². The average Bonchev–Trinajstić information content (AvgIpc) is 3.13. The van der Waals surface area contributed by atoms with E-state index in [0.717, 1.165) is 12.8 Å². The molecular weight excluding hydrogens is 311 g/mol. The van der Waals surface area contributed by atoms with Crippen LogP contribution in [0.4, 0.5) is 4.39 Å². The van der Waals surface area contributed by atoms with Crippen molar-refractivity contribution in [2.45, 2.75) is 19.4 Å². The standard InChI is InChI=1S/C18H19FN2O3/c19-15-7-5-13(6-8-15)18(23)21-9-1-3-14(12-21)17(22)20-11-16-4-2-10-24-16/h2,4-8,10,14H,1,3,9,11-12H2,(H,20,22). The van der Waals surface area contributed by atoms with Gasteiger partial charge in [-0.2, -0.15) is 0 Å². The molecule has 0 saturated carbocycles. The van der Waals surface area contributed by atoms with Gasteiger partial charge in [0.15, 0.2) is 0 Å². The van der Waals surface area contributed by atoms with Crippen LogP contribution < -0.4 is 5.32 Å². The van der Waals surface area contributed by atoms with Gasteiger partial charge in [-0.15, -0.1) is 0 Å². The van der Waals surface area contributed by atoms with Crippen LogP contribution in [0.15, 0.2) is 47.1 Å². The Balaban J connectivity index is 1.58. The molecule has 24 heavy (non-hydrogen) atoms. The number of likely N-dealkylation sites (tertiary alicyclic amines) is 1. The molecule has 126 valence electrons. The maximum absolute atomic E-state index is 13.0. The number of rotatable bonds is 4. The molecule has 6 heteroatoms. The van der Waals surface area contributed by atoms with Gasteiger partial charge >= 0.3 is 0 Å². The zero-order valence-corrected chi connectivity index (χ0v) is 13.2. The maximum atomic E-state index is 13.0. The zero-order valence-electron chi connectivity index (χ0n) is 13.2. The van der Waals surface area contributed by atoms with E-state index in [1.54, 1.807) is 23.3 Å². The second-order valence-electron chi connectivity index (χ2n) is 5.89. The van der Waals surface area contributed by atoms with Crippen molar-refractivity contribution < 1.29 is 18.4 Å². The number of piperidine rings is 1. The van der Waals surface area contributed by atoms with Crippen molar-refractivity contribution in [2.24, 2.45) is 5.92 Å². The maximum Gasteiger partial charge on any atom is 0.253 e. The third-order valence-electron chi connectivity index (χ3n) is 4.19. The summed E-state index contributed by atoms with van der Waals surface area (Å²) in [4.78, 5) is 26.4. The highest BCUT2D eigenvalue weighted by Crippen LogP contribution is 2.19. The lowest BCUT2D eigenvalue weighted by Gasteiger charge is -2.32. The number of amides is 2. The summed E-state index contributed by atoms with van der Waals surface area (Å²) >= 11 is 0. The summed E-state index contributed by atoms with van der Waals surface area (Å²) in [5.41, 5.74) is 0.438. The van der Waals surface area contributed by atoms with Crippen molar-refractivity contribution in [1.29, 1.82) is 0 Å². The lowest BCUT2D eigenvalue weighted by molar-refractivity contribution is -0.126. The van der Waals surface area contributed by atoms with Crippen molar-refractivity contribution in [3.63, 3.8) is 0 Å². The van der Waals surface area contributed by atoms with Crippen molar-refractivity contribution in [3.8, 4) is 0 Å². The van der Waals surface area contributed by atoms with Crippen LogP contribution in [0.3, 0.4) is 0 Å². The van der Waals surface area contributed by atoms with E-state index in [-0.39, 0.29) is 23.5 Å². The Kier molecular flexibility index (Phi) is 4.93. The van der Waals surface area contributed by atoms with Crippen molar-refractivity contribution >= 4 is 11.8 Å². The zero-order chi connectivity index (χ0) is 16.9. The van der Waals surface area contributed by atoms with E-state index in [1.165, 1.54) is 24.3 Å². The van der Waals surface area contributed by atoms with E-state index in [2.05, 4.69) is 5.32 Å². The quantitative estimate of drug-likeness (QED) is 0.937. The number of halogens is 1. The molecule has 2 heterocycles. The summed E-state index contributed by atoms with van der Waals surface area (Å²) in [6, 6.07) is 9.04. The number of hydrogen-bond acceptors (Lipinski definition) is 3. The van der Waals surface area contributed by atoms with E-state index in [0.29, 0.717) is 31.0 Å². The minimum Gasteiger partial charge on any atom is -0.467 e. The molecule has 0 bridgehead atoms. The number of benzene rings is 1. The predicted octanol–water partition coefficient (Wildman–Crippen LogP) is 2.59. The van der Waals surface area contributed by atoms with E-state index < -0.39 is 0 Å². The molecular formula is C18H19FN2O3. The van der Waals surface area contributed by atoms with Crippen molar-refractivity contribution in [2.75, 3.05) is 13.1 Å². The molecule has 1 fully saturated rings. The Hall–Kier alpha value is -2.63. The first kappa shape index (κ1) is 16.2. The second kappa shape index (κ2) is 7.29. The van der Waals surface area contributed by atoms with E-state index in [4.69, 9.17) is 4.42 Å². The molecule has 1 aromatic carbocycles. The lowest BCUT2D eigenvalue weighted by Crippen LogP contribution is -2.45.